The molecular formula is C25H34O6. The highest BCUT2D eigenvalue weighted by Gasteiger charge is 2.20. The molecule has 0 aliphatic heterocycles. The first-order valence-electron chi connectivity index (χ1n) is 10.6. The third-order valence-corrected chi connectivity index (χ3v) is 4.64. The zero-order valence-electron chi connectivity index (χ0n) is 19.0. The Morgan fingerprint density at radius 1 is 0.968 bits per heavy atom. The van der Waals surface area contributed by atoms with E-state index in [1.54, 1.807) is 32.0 Å². The van der Waals surface area contributed by atoms with Crippen molar-refractivity contribution in [1.29, 1.82) is 0 Å². The van der Waals surface area contributed by atoms with Crippen LogP contribution in [-0.4, -0.2) is 47.7 Å². The molecule has 0 saturated carbocycles. The molecule has 2 unspecified atom stereocenters. The lowest BCUT2D eigenvalue weighted by molar-refractivity contribution is -0.153. The average molecular weight is 431 g/mol. The smallest absolute Gasteiger partial charge is 0.333 e. The van der Waals surface area contributed by atoms with Crippen LogP contribution in [0.15, 0.2) is 48.5 Å². The van der Waals surface area contributed by atoms with Crippen LogP contribution in [0.1, 0.15) is 45.7 Å². The molecule has 2 aromatic carbocycles. The van der Waals surface area contributed by atoms with Crippen molar-refractivity contribution in [3.05, 3.63) is 59.7 Å². The summed E-state index contributed by atoms with van der Waals surface area (Å²) in [5.41, 5.74) is 2.08. The summed E-state index contributed by atoms with van der Waals surface area (Å²) in [5.74, 6) is 0.252. The number of hydrogen-bond donors (Lipinski definition) is 2. The van der Waals surface area contributed by atoms with E-state index in [9.17, 15) is 15.0 Å². The molecule has 2 aromatic rings. The fourth-order valence-electron chi connectivity index (χ4n) is 2.98. The minimum absolute atomic E-state index is 0.0639. The summed E-state index contributed by atoms with van der Waals surface area (Å²) in [6.07, 6.45) is -1.66. The lowest BCUT2D eigenvalue weighted by atomic mass is 9.87. The van der Waals surface area contributed by atoms with Crippen LogP contribution in [0.3, 0.4) is 0 Å². The summed E-state index contributed by atoms with van der Waals surface area (Å²) in [7, 11) is 0. The number of aliphatic hydroxyl groups is 1. The van der Waals surface area contributed by atoms with Crippen LogP contribution >= 0.6 is 0 Å². The predicted molar refractivity (Wildman–Crippen MR) is 120 cm³/mol. The molecule has 170 valence electrons. The van der Waals surface area contributed by atoms with Crippen molar-refractivity contribution in [2.75, 3.05) is 13.2 Å². The molecule has 2 rings (SSSR count). The lowest BCUT2D eigenvalue weighted by Gasteiger charge is -2.19. The molecule has 0 fully saturated rings. The topological polar surface area (TPSA) is 85.2 Å². The Bertz CT molecular complexity index is 823. The molecule has 0 saturated heterocycles. The van der Waals surface area contributed by atoms with Crippen LogP contribution in [0.25, 0.3) is 0 Å². The van der Waals surface area contributed by atoms with E-state index in [-0.39, 0.29) is 31.2 Å². The molecule has 6 heteroatoms. The van der Waals surface area contributed by atoms with Gasteiger partial charge in [0.05, 0.1) is 6.10 Å². The number of aliphatic carboxylic acids is 1. The van der Waals surface area contributed by atoms with Crippen molar-refractivity contribution < 1.29 is 29.2 Å². The summed E-state index contributed by atoms with van der Waals surface area (Å²) in [6.45, 7) is 10.2. The summed E-state index contributed by atoms with van der Waals surface area (Å²) >= 11 is 0. The fraction of sp³-hybridized carbons (Fsp3) is 0.480. The highest BCUT2D eigenvalue weighted by molar-refractivity contribution is 5.72. The summed E-state index contributed by atoms with van der Waals surface area (Å²) in [4.78, 5) is 11.4. The first-order chi connectivity index (χ1) is 14.5. The van der Waals surface area contributed by atoms with Gasteiger partial charge < -0.3 is 24.4 Å². The Kier molecular flexibility index (Phi) is 8.89. The highest BCUT2D eigenvalue weighted by atomic mass is 16.5. The van der Waals surface area contributed by atoms with E-state index in [1.807, 2.05) is 30.3 Å². The normalized spacial score (nSPS) is 13.6. The molecule has 0 spiro atoms. The van der Waals surface area contributed by atoms with Crippen molar-refractivity contribution in [2.45, 2.75) is 64.8 Å². The van der Waals surface area contributed by atoms with Crippen LogP contribution < -0.4 is 9.47 Å². The molecule has 31 heavy (non-hydrogen) atoms. The minimum atomic E-state index is -0.997. The molecule has 0 heterocycles. The van der Waals surface area contributed by atoms with E-state index in [2.05, 4.69) is 20.8 Å². The van der Waals surface area contributed by atoms with E-state index in [0.29, 0.717) is 11.5 Å². The Hall–Kier alpha value is -2.57. The standard InChI is InChI=1S/C25H34O6/c1-17(2)31-23(24(27)28)14-18-7-6-8-22(13-18)30-16-20(26)15-29-21-11-9-19(10-12-21)25(3,4)5/h6-13,17,20,23,26H,14-16H2,1-5H3,(H,27,28). The molecule has 0 aromatic heterocycles. The molecule has 6 nitrogen and oxygen atoms in total. The van der Waals surface area contributed by atoms with E-state index in [0.717, 1.165) is 5.56 Å². The van der Waals surface area contributed by atoms with Gasteiger partial charge in [0, 0.05) is 6.42 Å². The lowest BCUT2D eigenvalue weighted by Crippen LogP contribution is -2.29. The van der Waals surface area contributed by atoms with Crippen LogP contribution in [-0.2, 0) is 21.4 Å². The average Bonchev–Trinajstić information content (AvgIpc) is 2.70. The van der Waals surface area contributed by atoms with E-state index >= 15 is 0 Å². The zero-order valence-corrected chi connectivity index (χ0v) is 19.0. The van der Waals surface area contributed by atoms with E-state index in [4.69, 9.17) is 14.2 Å². The van der Waals surface area contributed by atoms with Crippen LogP contribution in [0.2, 0.25) is 0 Å². The van der Waals surface area contributed by atoms with Gasteiger partial charge in [0.15, 0.2) is 6.10 Å². The first-order valence-corrected chi connectivity index (χ1v) is 10.6. The molecule has 2 atom stereocenters. The monoisotopic (exact) mass is 430 g/mol. The molecular weight excluding hydrogens is 396 g/mol. The number of ether oxygens (including phenoxy) is 3. The second-order valence-electron chi connectivity index (χ2n) is 8.91. The van der Waals surface area contributed by atoms with Gasteiger partial charge >= 0.3 is 5.97 Å². The van der Waals surface area contributed by atoms with Crippen LogP contribution in [0.4, 0.5) is 0 Å². The van der Waals surface area contributed by atoms with Gasteiger partial charge in [-0.05, 0) is 54.7 Å². The van der Waals surface area contributed by atoms with Crippen LogP contribution in [0, 0.1) is 0 Å². The van der Waals surface area contributed by atoms with Gasteiger partial charge in [0.2, 0.25) is 0 Å². The Morgan fingerprint density at radius 2 is 1.58 bits per heavy atom. The molecule has 0 bridgehead atoms. The Morgan fingerprint density at radius 3 is 2.13 bits per heavy atom. The molecule has 0 aliphatic carbocycles. The van der Waals surface area contributed by atoms with Gasteiger partial charge in [-0.3, -0.25) is 0 Å². The Labute approximate surface area is 184 Å². The van der Waals surface area contributed by atoms with Crippen LogP contribution in [0.5, 0.6) is 11.5 Å². The predicted octanol–water partition coefficient (Wildman–Crippen LogP) is 4.22. The van der Waals surface area contributed by atoms with Crippen molar-refractivity contribution in [3.8, 4) is 11.5 Å². The quantitative estimate of drug-likeness (QED) is 0.555. The molecule has 0 radical (unpaired) electrons. The number of aliphatic hydroxyl groups excluding tert-OH is 1. The number of benzene rings is 2. The van der Waals surface area contributed by atoms with Gasteiger partial charge in [-0.1, -0.05) is 45.0 Å². The zero-order chi connectivity index (χ0) is 23.0. The van der Waals surface area contributed by atoms with Gasteiger partial charge in [0.1, 0.15) is 30.8 Å². The van der Waals surface area contributed by atoms with Gasteiger partial charge in [-0.25, -0.2) is 4.79 Å². The fourth-order valence-corrected chi connectivity index (χ4v) is 2.98. The minimum Gasteiger partial charge on any atom is -0.491 e. The van der Waals surface area contributed by atoms with Gasteiger partial charge in [-0.15, -0.1) is 0 Å². The summed E-state index contributed by atoms with van der Waals surface area (Å²) in [5, 5.41) is 19.5. The van der Waals surface area contributed by atoms with Crippen molar-refractivity contribution in [1.82, 2.24) is 0 Å². The SMILES string of the molecule is CC(C)OC(Cc1cccc(OCC(O)COc2ccc(C(C)(C)C)cc2)c1)C(=O)O. The first kappa shape index (κ1) is 24.7. The second-order valence-corrected chi connectivity index (χ2v) is 8.91. The highest BCUT2D eigenvalue weighted by Crippen LogP contribution is 2.24. The summed E-state index contributed by atoms with van der Waals surface area (Å²) < 4.78 is 16.8. The number of carboxylic acid groups (broad SMARTS) is 1. The van der Waals surface area contributed by atoms with E-state index < -0.39 is 18.2 Å². The number of carbonyl (C=O) groups is 1. The van der Waals surface area contributed by atoms with Gasteiger partial charge in [-0.2, -0.15) is 0 Å². The van der Waals surface area contributed by atoms with E-state index in [1.165, 1.54) is 5.56 Å². The third-order valence-electron chi connectivity index (χ3n) is 4.64. The Balaban J connectivity index is 1.84. The third kappa shape index (κ3) is 8.59. The van der Waals surface area contributed by atoms with Crippen molar-refractivity contribution in [2.24, 2.45) is 0 Å². The largest absolute Gasteiger partial charge is 0.491 e. The van der Waals surface area contributed by atoms with Crippen molar-refractivity contribution >= 4 is 5.97 Å². The molecule has 0 aliphatic rings. The number of hydrogen-bond acceptors (Lipinski definition) is 5. The van der Waals surface area contributed by atoms with Crippen molar-refractivity contribution in [3.63, 3.8) is 0 Å². The molecule has 2 N–H and O–H groups in total. The van der Waals surface area contributed by atoms with Gasteiger partial charge in [0.25, 0.3) is 0 Å². The summed E-state index contributed by atoms with van der Waals surface area (Å²) in [6, 6.07) is 15.0. The number of carboxylic acids is 1. The maximum absolute atomic E-state index is 11.4. The number of rotatable bonds is 11. The second kappa shape index (κ2) is 11.2. The maximum Gasteiger partial charge on any atom is 0.333 e. The maximum atomic E-state index is 11.4. The molecule has 0 amide bonds.